The highest BCUT2D eigenvalue weighted by Crippen LogP contribution is 2.35. The highest BCUT2D eigenvalue weighted by atomic mass is 16.7. The zero-order valence-corrected chi connectivity index (χ0v) is 11.2. The normalized spacial score (nSPS) is 17.8. The van der Waals surface area contributed by atoms with Crippen molar-refractivity contribution < 1.29 is 23.7 Å². The van der Waals surface area contributed by atoms with E-state index >= 15 is 0 Å². The van der Waals surface area contributed by atoms with Gasteiger partial charge >= 0.3 is 5.97 Å². The summed E-state index contributed by atoms with van der Waals surface area (Å²) >= 11 is 0. The Hall–Kier alpha value is -1.59. The maximum Gasteiger partial charge on any atom is 0.311 e. The van der Waals surface area contributed by atoms with Gasteiger partial charge in [0, 0.05) is 5.56 Å². The number of esters is 1. The van der Waals surface area contributed by atoms with Gasteiger partial charge < -0.3 is 18.9 Å². The fourth-order valence-corrected chi connectivity index (χ4v) is 2.05. The molecule has 5 heteroatoms. The predicted octanol–water partition coefficient (Wildman–Crippen LogP) is 1.85. The number of hydrogen-bond acceptors (Lipinski definition) is 5. The first-order chi connectivity index (χ1) is 9.20. The summed E-state index contributed by atoms with van der Waals surface area (Å²) < 4.78 is 21.3. The van der Waals surface area contributed by atoms with E-state index in [-0.39, 0.29) is 12.4 Å². The van der Waals surface area contributed by atoms with Crippen molar-refractivity contribution in [3.63, 3.8) is 0 Å². The van der Waals surface area contributed by atoms with E-state index in [9.17, 15) is 4.79 Å². The van der Waals surface area contributed by atoms with Crippen LogP contribution in [0.5, 0.6) is 5.75 Å². The largest absolute Gasteiger partial charge is 0.497 e. The molecule has 0 saturated carbocycles. The molecule has 0 N–H and O–H groups in total. The highest BCUT2D eigenvalue weighted by molar-refractivity contribution is 5.70. The lowest BCUT2D eigenvalue weighted by Crippen LogP contribution is -2.40. The molecule has 5 nitrogen and oxygen atoms in total. The van der Waals surface area contributed by atoms with Crippen molar-refractivity contribution >= 4 is 5.97 Å². The molecule has 19 heavy (non-hydrogen) atoms. The Kier molecular flexibility index (Phi) is 4.39. The molecule has 1 aromatic carbocycles. The first-order valence-electron chi connectivity index (χ1n) is 6.19. The number of ether oxygens (including phenoxy) is 4. The Morgan fingerprint density at radius 1 is 1.21 bits per heavy atom. The maximum absolute atomic E-state index is 11.6. The van der Waals surface area contributed by atoms with Crippen LogP contribution in [-0.4, -0.2) is 33.4 Å². The summed E-state index contributed by atoms with van der Waals surface area (Å²) in [6.07, 6.45) is 0.856. The Bertz CT molecular complexity index is 420. The average molecular weight is 266 g/mol. The van der Waals surface area contributed by atoms with Crippen LogP contribution in [0.4, 0.5) is 0 Å². The maximum atomic E-state index is 11.6. The zero-order valence-electron chi connectivity index (χ0n) is 11.2. The third-order valence-corrected chi connectivity index (χ3v) is 3.09. The Morgan fingerprint density at radius 3 is 2.37 bits per heavy atom. The van der Waals surface area contributed by atoms with E-state index < -0.39 is 5.79 Å². The predicted molar refractivity (Wildman–Crippen MR) is 67.8 cm³/mol. The van der Waals surface area contributed by atoms with Gasteiger partial charge in [0.1, 0.15) is 12.2 Å². The lowest BCUT2D eigenvalue weighted by atomic mass is 10.0. The fourth-order valence-electron chi connectivity index (χ4n) is 2.05. The van der Waals surface area contributed by atoms with E-state index in [2.05, 4.69) is 0 Å². The Balaban J connectivity index is 2.27. The molecule has 1 aliphatic heterocycles. The number of carbonyl (C=O) groups is 1. The van der Waals surface area contributed by atoms with Crippen molar-refractivity contribution in [2.45, 2.75) is 18.6 Å². The van der Waals surface area contributed by atoms with Gasteiger partial charge in [0.05, 0.1) is 27.4 Å². The smallest absolute Gasteiger partial charge is 0.311 e. The molecule has 0 bridgehead atoms. The molecule has 0 spiro atoms. The molecule has 0 radical (unpaired) electrons. The topological polar surface area (TPSA) is 54.0 Å². The highest BCUT2D eigenvalue weighted by Gasteiger charge is 2.39. The molecule has 0 aromatic heterocycles. The summed E-state index contributed by atoms with van der Waals surface area (Å²) in [6.45, 7) is 1.12. The lowest BCUT2D eigenvalue weighted by Gasteiger charge is -2.36. The van der Waals surface area contributed by atoms with Crippen LogP contribution in [0, 0.1) is 0 Å². The van der Waals surface area contributed by atoms with Gasteiger partial charge in [-0.2, -0.15) is 0 Å². The summed E-state index contributed by atoms with van der Waals surface area (Å²) in [5.74, 6) is -0.664. The van der Waals surface area contributed by atoms with E-state index in [1.165, 1.54) is 7.11 Å². The molecule has 1 aromatic rings. The molecule has 1 aliphatic rings. The van der Waals surface area contributed by atoms with Crippen LogP contribution in [0.1, 0.15) is 18.4 Å². The molecule has 0 amide bonds. The third-order valence-electron chi connectivity index (χ3n) is 3.09. The van der Waals surface area contributed by atoms with Gasteiger partial charge in [0.25, 0.3) is 0 Å². The second kappa shape index (κ2) is 6.04. The molecular formula is C14H18O5. The van der Waals surface area contributed by atoms with Gasteiger partial charge in [-0.15, -0.1) is 0 Å². The fraction of sp³-hybridized carbons (Fsp3) is 0.500. The minimum atomic E-state index is -1.04. The van der Waals surface area contributed by atoms with Crippen molar-refractivity contribution in [3.8, 4) is 5.75 Å². The van der Waals surface area contributed by atoms with Crippen LogP contribution < -0.4 is 4.74 Å². The third kappa shape index (κ3) is 3.05. The van der Waals surface area contributed by atoms with E-state index in [0.29, 0.717) is 13.2 Å². The van der Waals surface area contributed by atoms with E-state index in [1.54, 1.807) is 7.11 Å². The van der Waals surface area contributed by atoms with E-state index in [4.69, 9.17) is 18.9 Å². The molecule has 0 aliphatic carbocycles. The van der Waals surface area contributed by atoms with Gasteiger partial charge in [-0.05, 0) is 30.7 Å². The zero-order chi connectivity index (χ0) is 13.7. The Morgan fingerprint density at radius 2 is 1.84 bits per heavy atom. The average Bonchev–Trinajstić information content (AvgIpc) is 2.48. The summed E-state index contributed by atoms with van der Waals surface area (Å²) in [5, 5.41) is 0. The SMILES string of the molecule is COC(=O)CC1(c2ccc(OC)cc2)OCCCO1. The monoisotopic (exact) mass is 266 g/mol. The van der Waals surface area contributed by atoms with E-state index in [0.717, 1.165) is 17.7 Å². The van der Waals surface area contributed by atoms with Gasteiger partial charge in [-0.3, -0.25) is 4.79 Å². The van der Waals surface area contributed by atoms with Gasteiger partial charge in [0.2, 0.25) is 5.79 Å². The summed E-state index contributed by atoms with van der Waals surface area (Å²) in [4.78, 5) is 11.6. The minimum absolute atomic E-state index is 0.0375. The summed E-state index contributed by atoms with van der Waals surface area (Å²) in [7, 11) is 2.96. The lowest BCUT2D eigenvalue weighted by molar-refractivity contribution is -0.279. The van der Waals surface area contributed by atoms with Crippen LogP contribution in [0.15, 0.2) is 24.3 Å². The molecule has 1 heterocycles. The molecule has 0 atom stereocenters. The van der Waals surface area contributed by atoms with Crippen molar-refractivity contribution in [2.75, 3.05) is 27.4 Å². The second-order valence-electron chi connectivity index (χ2n) is 4.28. The molecule has 1 fully saturated rings. The van der Waals surface area contributed by atoms with Gasteiger partial charge in [0.15, 0.2) is 0 Å². The van der Waals surface area contributed by atoms with Crippen molar-refractivity contribution in [2.24, 2.45) is 0 Å². The number of rotatable bonds is 4. The van der Waals surface area contributed by atoms with E-state index in [1.807, 2.05) is 24.3 Å². The molecular weight excluding hydrogens is 248 g/mol. The molecule has 1 saturated heterocycles. The Labute approximate surface area is 112 Å². The standard InChI is InChI=1S/C14H18O5/c1-16-12-6-4-11(5-7-12)14(10-13(15)17-2)18-8-3-9-19-14/h4-7H,3,8-10H2,1-2H3. The second-order valence-corrected chi connectivity index (χ2v) is 4.28. The van der Waals surface area contributed by atoms with Crippen molar-refractivity contribution in [1.29, 1.82) is 0 Å². The quantitative estimate of drug-likeness (QED) is 0.778. The van der Waals surface area contributed by atoms with Crippen LogP contribution >= 0.6 is 0 Å². The van der Waals surface area contributed by atoms with Gasteiger partial charge in [-0.25, -0.2) is 0 Å². The number of carbonyl (C=O) groups excluding carboxylic acids is 1. The molecule has 104 valence electrons. The first-order valence-corrected chi connectivity index (χ1v) is 6.19. The number of methoxy groups -OCH3 is 2. The van der Waals surface area contributed by atoms with Crippen molar-refractivity contribution in [3.05, 3.63) is 29.8 Å². The number of benzene rings is 1. The number of hydrogen-bond donors (Lipinski definition) is 0. The summed E-state index contributed by atoms with van der Waals surface area (Å²) in [5.41, 5.74) is 0.790. The molecule has 0 unspecified atom stereocenters. The van der Waals surface area contributed by atoms with Crippen LogP contribution in [-0.2, 0) is 24.8 Å². The summed E-state index contributed by atoms with van der Waals surface area (Å²) in [6, 6.07) is 7.31. The van der Waals surface area contributed by atoms with Crippen LogP contribution in [0.2, 0.25) is 0 Å². The van der Waals surface area contributed by atoms with Crippen LogP contribution in [0.25, 0.3) is 0 Å². The molecule has 2 rings (SSSR count). The first kappa shape index (κ1) is 13.8. The minimum Gasteiger partial charge on any atom is -0.497 e. The van der Waals surface area contributed by atoms with Gasteiger partial charge in [-0.1, -0.05) is 0 Å². The van der Waals surface area contributed by atoms with Crippen molar-refractivity contribution in [1.82, 2.24) is 0 Å². The van der Waals surface area contributed by atoms with Crippen LogP contribution in [0.3, 0.4) is 0 Å².